The molecule has 1 aliphatic rings. The van der Waals surface area contributed by atoms with Crippen LogP contribution in [0.3, 0.4) is 0 Å². The van der Waals surface area contributed by atoms with Crippen molar-refractivity contribution in [1.29, 1.82) is 0 Å². The number of halogens is 1. The number of anilines is 1. The minimum Gasteiger partial charge on any atom is -0.349 e. The zero-order chi connectivity index (χ0) is 18.2. The van der Waals surface area contributed by atoms with Gasteiger partial charge in [-0.3, -0.25) is 14.3 Å². The summed E-state index contributed by atoms with van der Waals surface area (Å²) in [5.41, 5.74) is 0.829. The summed E-state index contributed by atoms with van der Waals surface area (Å²) in [6.07, 6.45) is 2.82. The first-order chi connectivity index (χ1) is 11.8. The summed E-state index contributed by atoms with van der Waals surface area (Å²) in [5, 5.41) is 2.87. The van der Waals surface area contributed by atoms with Crippen LogP contribution in [0.15, 0.2) is 35.4 Å². The molecular formula is C15H18FN5O3S. The van der Waals surface area contributed by atoms with Crippen molar-refractivity contribution in [2.75, 3.05) is 24.7 Å². The predicted molar refractivity (Wildman–Crippen MR) is 91.4 cm³/mol. The highest BCUT2D eigenvalue weighted by Crippen LogP contribution is 2.21. The number of pyridine rings is 1. The van der Waals surface area contributed by atoms with Crippen molar-refractivity contribution < 1.29 is 12.8 Å². The molecule has 1 aliphatic heterocycles. The fourth-order valence-electron chi connectivity index (χ4n) is 2.64. The van der Waals surface area contributed by atoms with Gasteiger partial charge in [-0.05, 0) is 12.1 Å². The van der Waals surface area contributed by atoms with E-state index in [0.717, 1.165) is 10.6 Å². The minimum atomic E-state index is -3.47. The van der Waals surface area contributed by atoms with Crippen LogP contribution in [0.4, 0.5) is 10.3 Å². The Morgan fingerprint density at radius 3 is 2.56 bits per heavy atom. The Balaban J connectivity index is 1.90. The quantitative estimate of drug-likeness (QED) is 0.831. The number of nitrogens with one attached hydrogen (secondary N) is 1. The highest BCUT2D eigenvalue weighted by atomic mass is 32.2. The molecule has 1 fully saturated rings. The van der Waals surface area contributed by atoms with Gasteiger partial charge in [0.1, 0.15) is 6.17 Å². The fourth-order valence-corrected chi connectivity index (χ4v) is 3.49. The standard InChI is InChI=1S/C15H18FN5O3S/c1-20-14(22)7-12(10-3-5-17-6-4-10)18-15(20)19-13-9-21(8-11(13)16)25(2,23)24/h3-7,11,13H,8-9H2,1-2H3,(H,18,19)/t11-,13+/m1/s1. The Morgan fingerprint density at radius 1 is 1.28 bits per heavy atom. The van der Waals surface area contributed by atoms with Crippen LogP contribution < -0.4 is 10.9 Å². The van der Waals surface area contributed by atoms with Gasteiger partial charge in [-0.2, -0.15) is 4.31 Å². The van der Waals surface area contributed by atoms with E-state index < -0.39 is 22.2 Å². The average Bonchev–Trinajstić information content (AvgIpc) is 2.93. The maximum absolute atomic E-state index is 14.2. The van der Waals surface area contributed by atoms with E-state index in [1.165, 1.54) is 17.7 Å². The van der Waals surface area contributed by atoms with Crippen LogP contribution in [0.2, 0.25) is 0 Å². The molecule has 2 atom stereocenters. The molecule has 2 aromatic rings. The molecule has 0 amide bonds. The van der Waals surface area contributed by atoms with E-state index in [4.69, 9.17) is 0 Å². The molecule has 1 N–H and O–H groups in total. The second-order valence-electron chi connectivity index (χ2n) is 5.94. The molecule has 8 nitrogen and oxygen atoms in total. The van der Waals surface area contributed by atoms with Gasteiger partial charge in [0.15, 0.2) is 0 Å². The van der Waals surface area contributed by atoms with Gasteiger partial charge < -0.3 is 5.32 Å². The van der Waals surface area contributed by atoms with Crippen LogP contribution in [-0.2, 0) is 17.1 Å². The molecule has 0 aromatic carbocycles. The second-order valence-corrected chi connectivity index (χ2v) is 7.93. The van der Waals surface area contributed by atoms with Crippen molar-refractivity contribution in [3.05, 3.63) is 40.9 Å². The lowest BCUT2D eigenvalue weighted by Crippen LogP contribution is -2.34. The Kier molecular flexibility index (Phi) is 4.56. The van der Waals surface area contributed by atoms with Gasteiger partial charge in [0, 0.05) is 44.2 Å². The van der Waals surface area contributed by atoms with E-state index in [2.05, 4.69) is 15.3 Å². The summed E-state index contributed by atoms with van der Waals surface area (Å²) in [4.78, 5) is 20.5. The normalized spacial score (nSPS) is 21.4. The van der Waals surface area contributed by atoms with Gasteiger partial charge >= 0.3 is 0 Å². The number of nitrogens with zero attached hydrogens (tertiary/aromatic N) is 4. The van der Waals surface area contributed by atoms with Crippen LogP contribution in [0.1, 0.15) is 0 Å². The van der Waals surface area contributed by atoms with E-state index in [9.17, 15) is 17.6 Å². The minimum absolute atomic E-state index is 0.0185. The molecule has 10 heteroatoms. The van der Waals surface area contributed by atoms with Gasteiger partial charge in [-0.25, -0.2) is 17.8 Å². The number of hydrogen-bond donors (Lipinski definition) is 1. The molecule has 25 heavy (non-hydrogen) atoms. The largest absolute Gasteiger partial charge is 0.349 e. The van der Waals surface area contributed by atoms with Crippen molar-refractivity contribution in [1.82, 2.24) is 18.8 Å². The first-order valence-electron chi connectivity index (χ1n) is 7.60. The van der Waals surface area contributed by atoms with Gasteiger partial charge in [0.05, 0.1) is 18.0 Å². The van der Waals surface area contributed by atoms with Gasteiger partial charge in [0.25, 0.3) is 5.56 Å². The summed E-state index contributed by atoms with van der Waals surface area (Å²) in [6.45, 7) is -0.232. The maximum atomic E-state index is 14.2. The predicted octanol–water partition coefficient (Wildman–Crippen LogP) is 0.236. The van der Waals surface area contributed by atoms with E-state index >= 15 is 0 Å². The first-order valence-corrected chi connectivity index (χ1v) is 9.45. The summed E-state index contributed by atoms with van der Waals surface area (Å²) in [7, 11) is -1.95. The highest BCUT2D eigenvalue weighted by molar-refractivity contribution is 7.88. The molecule has 0 unspecified atom stereocenters. The van der Waals surface area contributed by atoms with Crippen LogP contribution >= 0.6 is 0 Å². The smallest absolute Gasteiger partial charge is 0.255 e. The lowest BCUT2D eigenvalue weighted by atomic mass is 10.2. The first kappa shape index (κ1) is 17.5. The number of sulfonamides is 1. The molecule has 0 saturated carbocycles. The van der Waals surface area contributed by atoms with Crippen molar-refractivity contribution in [3.8, 4) is 11.3 Å². The van der Waals surface area contributed by atoms with Gasteiger partial charge in [-0.15, -0.1) is 0 Å². The number of alkyl halides is 1. The third-order valence-corrected chi connectivity index (χ3v) is 5.35. The van der Waals surface area contributed by atoms with Gasteiger partial charge in [-0.1, -0.05) is 0 Å². The van der Waals surface area contributed by atoms with Crippen LogP contribution in [-0.4, -0.2) is 58.8 Å². The zero-order valence-electron chi connectivity index (χ0n) is 13.8. The van der Waals surface area contributed by atoms with Crippen LogP contribution in [0.25, 0.3) is 11.3 Å². The number of aromatic nitrogens is 3. The van der Waals surface area contributed by atoms with Gasteiger partial charge in [0.2, 0.25) is 16.0 Å². The maximum Gasteiger partial charge on any atom is 0.255 e. The molecule has 0 bridgehead atoms. The third-order valence-electron chi connectivity index (χ3n) is 4.11. The van der Waals surface area contributed by atoms with Crippen LogP contribution in [0.5, 0.6) is 0 Å². The third kappa shape index (κ3) is 3.69. The van der Waals surface area contributed by atoms with E-state index in [1.54, 1.807) is 24.5 Å². The number of rotatable bonds is 4. The molecule has 134 valence electrons. The molecule has 3 heterocycles. The van der Waals surface area contributed by atoms with Crippen LogP contribution in [0, 0.1) is 0 Å². The monoisotopic (exact) mass is 367 g/mol. The van der Waals surface area contributed by atoms with Crippen molar-refractivity contribution in [2.45, 2.75) is 12.2 Å². The average molecular weight is 367 g/mol. The van der Waals surface area contributed by atoms with E-state index in [0.29, 0.717) is 11.3 Å². The van der Waals surface area contributed by atoms with Crippen molar-refractivity contribution in [2.24, 2.45) is 7.05 Å². The topological polar surface area (TPSA) is 97.2 Å². The molecule has 2 aromatic heterocycles. The molecular weight excluding hydrogens is 349 g/mol. The van der Waals surface area contributed by atoms with Crippen molar-refractivity contribution >= 4 is 16.0 Å². The lowest BCUT2D eigenvalue weighted by molar-refractivity contribution is 0.330. The molecule has 0 aliphatic carbocycles. The number of hydrogen-bond acceptors (Lipinski definition) is 6. The zero-order valence-corrected chi connectivity index (χ0v) is 14.6. The summed E-state index contributed by atoms with van der Waals surface area (Å²) < 4.78 is 39.7. The Labute approximate surface area is 144 Å². The molecule has 3 rings (SSSR count). The lowest BCUT2D eigenvalue weighted by Gasteiger charge is -2.18. The van der Waals surface area contributed by atoms with E-state index in [1.807, 2.05) is 0 Å². The Morgan fingerprint density at radius 2 is 1.96 bits per heavy atom. The summed E-state index contributed by atoms with van der Waals surface area (Å²) >= 11 is 0. The molecule has 0 radical (unpaired) electrons. The second kappa shape index (κ2) is 6.52. The van der Waals surface area contributed by atoms with Crippen molar-refractivity contribution in [3.63, 3.8) is 0 Å². The highest BCUT2D eigenvalue weighted by Gasteiger charge is 2.37. The van der Waals surface area contributed by atoms with E-state index in [-0.39, 0.29) is 24.6 Å². The molecule has 1 saturated heterocycles. The fraction of sp³-hybridized carbons (Fsp3) is 0.400. The Bertz CT molecular complexity index is 932. The Hall–Kier alpha value is -2.33. The molecule has 0 spiro atoms. The summed E-state index contributed by atoms with van der Waals surface area (Å²) in [6, 6.07) is 4.03. The SMILES string of the molecule is Cn1c(N[C@H]2CN(S(C)(=O)=O)C[C@H]2F)nc(-c2ccncc2)cc1=O. The summed E-state index contributed by atoms with van der Waals surface area (Å²) in [5.74, 6) is 0.183.